The van der Waals surface area contributed by atoms with Gasteiger partial charge >= 0.3 is 0 Å². The number of rotatable bonds is 4. The molecule has 1 atom stereocenters. The van der Waals surface area contributed by atoms with Gasteiger partial charge in [0.05, 0.1) is 5.41 Å². The molecule has 1 aromatic heterocycles. The van der Waals surface area contributed by atoms with E-state index >= 15 is 0 Å². The number of hydrogen-bond acceptors (Lipinski definition) is 5. The van der Waals surface area contributed by atoms with Gasteiger partial charge in [0.15, 0.2) is 0 Å². The molecule has 1 aliphatic carbocycles. The Labute approximate surface area is 161 Å². The van der Waals surface area contributed by atoms with Crippen molar-refractivity contribution in [1.82, 2.24) is 19.8 Å². The monoisotopic (exact) mass is 369 g/mol. The van der Waals surface area contributed by atoms with Crippen LogP contribution in [-0.2, 0) is 4.79 Å². The minimum atomic E-state index is -0.242. The summed E-state index contributed by atoms with van der Waals surface area (Å²) in [6, 6.07) is 1.86. The summed E-state index contributed by atoms with van der Waals surface area (Å²) in [5.74, 6) is 2.12. The van der Waals surface area contributed by atoms with E-state index in [1.807, 2.05) is 18.5 Å². The number of hydrogen-bond donors (Lipinski definition) is 0. The van der Waals surface area contributed by atoms with Crippen LogP contribution in [0.3, 0.4) is 0 Å². The molecule has 4 aliphatic rings. The third-order valence-corrected chi connectivity index (χ3v) is 7.72. The summed E-state index contributed by atoms with van der Waals surface area (Å²) in [4.78, 5) is 29.5. The van der Waals surface area contributed by atoms with Gasteiger partial charge < -0.3 is 14.7 Å². The van der Waals surface area contributed by atoms with Crippen molar-refractivity contribution in [2.24, 2.45) is 16.7 Å². The second-order valence-electron chi connectivity index (χ2n) is 9.15. The van der Waals surface area contributed by atoms with E-state index in [2.05, 4.69) is 31.6 Å². The highest BCUT2D eigenvalue weighted by molar-refractivity contribution is 5.87. The van der Waals surface area contributed by atoms with Crippen LogP contribution in [-0.4, -0.2) is 71.5 Å². The first-order valence-electron chi connectivity index (χ1n) is 10.7. The fourth-order valence-electron chi connectivity index (χ4n) is 5.91. The number of amides is 1. The lowest BCUT2D eigenvalue weighted by molar-refractivity contribution is -0.142. The average Bonchev–Trinajstić information content (AvgIpc) is 3.39. The van der Waals surface area contributed by atoms with Gasteiger partial charge in [-0.25, -0.2) is 9.97 Å². The maximum atomic E-state index is 13.5. The maximum absolute atomic E-state index is 13.5. The fraction of sp³-hybridized carbons (Fsp3) is 0.762. The molecule has 0 N–H and O–H groups in total. The second kappa shape index (κ2) is 6.43. The molecule has 5 rings (SSSR count). The van der Waals surface area contributed by atoms with Crippen LogP contribution in [0.2, 0.25) is 0 Å². The quantitative estimate of drug-likeness (QED) is 0.813. The molecule has 27 heavy (non-hydrogen) atoms. The van der Waals surface area contributed by atoms with Crippen LogP contribution < -0.4 is 4.90 Å². The van der Waals surface area contributed by atoms with Gasteiger partial charge in [-0.05, 0) is 64.1 Å². The molecule has 1 saturated carbocycles. The molecular weight excluding hydrogens is 338 g/mol. The van der Waals surface area contributed by atoms with Crippen molar-refractivity contribution >= 4 is 11.9 Å². The summed E-state index contributed by atoms with van der Waals surface area (Å²) in [6.45, 7) is 9.10. The number of likely N-dealkylation sites (tertiary alicyclic amines) is 2. The Morgan fingerprint density at radius 1 is 1.07 bits per heavy atom. The van der Waals surface area contributed by atoms with Gasteiger partial charge in [0.1, 0.15) is 0 Å². The number of anilines is 1. The molecule has 1 aromatic rings. The zero-order chi connectivity index (χ0) is 18.5. The van der Waals surface area contributed by atoms with E-state index in [9.17, 15) is 4.79 Å². The third-order valence-electron chi connectivity index (χ3n) is 7.72. The normalized spacial score (nSPS) is 30.8. The fourth-order valence-corrected chi connectivity index (χ4v) is 5.91. The molecule has 4 fully saturated rings. The predicted molar refractivity (Wildman–Crippen MR) is 104 cm³/mol. The Morgan fingerprint density at radius 2 is 1.81 bits per heavy atom. The largest absolute Gasteiger partial charge is 0.342 e. The minimum absolute atomic E-state index is 0.0766. The van der Waals surface area contributed by atoms with Gasteiger partial charge in [0.2, 0.25) is 11.9 Å². The highest BCUT2D eigenvalue weighted by atomic mass is 16.2. The van der Waals surface area contributed by atoms with E-state index in [1.54, 1.807) is 0 Å². The Morgan fingerprint density at radius 3 is 2.44 bits per heavy atom. The highest BCUT2D eigenvalue weighted by Crippen LogP contribution is 2.58. The van der Waals surface area contributed by atoms with Gasteiger partial charge in [-0.15, -0.1) is 0 Å². The molecule has 1 amide bonds. The van der Waals surface area contributed by atoms with Gasteiger partial charge in [0, 0.05) is 50.5 Å². The number of carbonyl (C=O) groups excluding carboxylic acids is 1. The van der Waals surface area contributed by atoms with Crippen molar-refractivity contribution in [1.29, 1.82) is 0 Å². The van der Waals surface area contributed by atoms with Crippen LogP contribution in [0.25, 0.3) is 0 Å². The SMILES string of the molecule is CCN1CC[C@]2(CN(c3ncccn3)CC23CCN(CC2CC2)CC3)C1=O. The molecule has 3 saturated heterocycles. The number of carbonyl (C=O) groups is 1. The molecule has 2 spiro atoms. The van der Waals surface area contributed by atoms with Crippen molar-refractivity contribution in [3.8, 4) is 0 Å². The first kappa shape index (κ1) is 17.4. The molecule has 0 aromatic carbocycles. The van der Waals surface area contributed by atoms with E-state index in [0.717, 1.165) is 70.4 Å². The summed E-state index contributed by atoms with van der Waals surface area (Å²) < 4.78 is 0. The molecule has 146 valence electrons. The van der Waals surface area contributed by atoms with Crippen LogP contribution in [0.15, 0.2) is 18.5 Å². The van der Waals surface area contributed by atoms with Gasteiger partial charge in [0.25, 0.3) is 0 Å². The van der Waals surface area contributed by atoms with Crippen LogP contribution in [0.4, 0.5) is 5.95 Å². The summed E-state index contributed by atoms with van der Waals surface area (Å²) >= 11 is 0. The molecular formula is C21H31N5O. The number of piperidine rings is 1. The third kappa shape index (κ3) is 2.75. The molecule has 0 radical (unpaired) electrons. The van der Waals surface area contributed by atoms with E-state index in [4.69, 9.17) is 0 Å². The zero-order valence-corrected chi connectivity index (χ0v) is 16.4. The van der Waals surface area contributed by atoms with E-state index in [0.29, 0.717) is 5.91 Å². The van der Waals surface area contributed by atoms with Gasteiger partial charge in [-0.3, -0.25) is 4.79 Å². The first-order valence-corrected chi connectivity index (χ1v) is 10.7. The highest BCUT2D eigenvalue weighted by Gasteiger charge is 2.65. The van der Waals surface area contributed by atoms with Crippen molar-refractivity contribution in [3.05, 3.63) is 18.5 Å². The Bertz CT molecular complexity index is 698. The topological polar surface area (TPSA) is 52.6 Å². The molecule has 0 unspecified atom stereocenters. The predicted octanol–water partition coefficient (Wildman–Crippen LogP) is 2.03. The Kier molecular flexibility index (Phi) is 4.15. The summed E-state index contributed by atoms with van der Waals surface area (Å²) in [7, 11) is 0. The zero-order valence-electron chi connectivity index (χ0n) is 16.4. The van der Waals surface area contributed by atoms with E-state index in [1.165, 1.54) is 19.4 Å². The molecule has 0 bridgehead atoms. The summed E-state index contributed by atoms with van der Waals surface area (Å²) in [5, 5.41) is 0. The number of nitrogens with zero attached hydrogens (tertiary/aromatic N) is 5. The molecule has 3 aliphatic heterocycles. The van der Waals surface area contributed by atoms with Crippen LogP contribution in [0, 0.1) is 16.7 Å². The first-order chi connectivity index (χ1) is 13.2. The van der Waals surface area contributed by atoms with E-state index < -0.39 is 0 Å². The maximum Gasteiger partial charge on any atom is 0.231 e. The molecule has 6 nitrogen and oxygen atoms in total. The van der Waals surface area contributed by atoms with Gasteiger partial charge in [-0.2, -0.15) is 0 Å². The van der Waals surface area contributed by atoms with Crippen molar-refractivity contribution < 1.29 is 4.79 Å². The molecule has 6 heteroatoms. The Hall–Kier alpha value is -1.69. The summed E-state index contributed by atoms with van der Waals surface area (Å²) in [5.41, 5.74) is -0.166. The Balaban J connectivity index is 1.43. The van der Waals surface area contributed by atoms with Crippen LogP contribution >= 0.6 is 0 Å². The smallest absolute Gasteiger partial charge is 0.231 e. The van der Waals surface area contributed by atoms with Crippen LogP contribution in [0.5, 0.6) is 0 Å². The van der Waals surface area contributed by atoms with Crippen molar-refractivity contribution in [2.45, 2.75) is 39.0 Å². The van der Waals surface area contributed by atoms with E-state index in [-0.39, 0.29) is 10.8 Å². The lowest BCUT2D eigenvalue weighted by Gasteiger charge is -2.46. The van der Waals surface area contributed by atoms with Crippen molar-refractivity contribution in [3.63, 3.8) is 0 Å². The van der Waals surface area contributed by atoms with Crippen molar-refractivity contribution in [2.75, 3.05) is 50.7 Å². The second-order valence-corrected chi connectivity index (χ2v) is 9.15. The standard InChI is InChI=1S/C21H31N5O/c1-2-25-13-8-21(18(25)27)16-26(19-22-9-3-10-23-19)15-20(21)6-11-24(12-7-20)14-17-4-5-17/h3,9-10,17H,2,4-8,11-16H2,1H3/t21-/m0/s1. The number of fused-ring (bicyclic) bond motifs is 1. The van der Waals surface area contributed by atoms with Crippen LogP contribution in [0.1, 0.15) is 39.0 Å². The number of aromatic nitrogens is 2. The lowest BCUT2D eigenvalue weighted by atomic mass is 9.60. The average molecular weight is 370 g/mol. The minimum Gasteiger partial charge on any atom is -0.342 e. The lowest BCUT2D eigenvalue weighted by Crippen LogP contribution is -2.53. The molecule has 4 heterocycles. The summed E-state index contributed by atoms with van der Waals surface area (Å²) in [6.07, 6.45) is 9.70. The van der Waals surface area contributed by atoms with Gasteiger partial charge in [-0.1, -0.05) is 0 Å².